The van der Waals surface area contributed by atoms with Crippen LogP contribution in [-0.2, 0) is 19.5 Å². The zero-order valence-electron chi connectivity index (χ0n) is 25.6. The average Bonchev–Trinajstić information content (AvgIpc) is 3.02. The van der Waals surface area contributed by atoms with Crippen molar-refractivity contribution in [1.82, 2.24) is 20.0 Å². The molecule has 1 atom stereocenters. The first-order valence-corrected chi connectivity index (χ1v) is 16.7. The molecule has 2 fully saturated rings. The molecule has 15 heteroatoms. The summed E-state index contributed by atoms with van der Waals surface area (Å²) in [5, 5.41) is 20.2. The van der Waals surface area contributed by atoms with Gasteiger partial charge < -0.3 is 25.4 Å². The number of pyridine rings is 2. The molecule has 1 aliphatic carbocycles. The number of nitrogens with zero attached hydrogens (tertiary/aromatic N) is 3. The van der Waals surface area contributed by atoms with Gasteiger partial charge in [-0.2, -0.15) is 18.4 Å². The van der Waals surface area contributed by atoms with Gasteiger partial charge in [-0.05, 0) is 76.1 Å². The molecule has 1 saturated carbocycles. The zero-order valence-corrected chi connectivity index (χ0v) is 26.4. The number of nitrogens with one attached hydrogen (secondary N) is 4. The van der Waals surface area contributed by atoms with Gasteiger partial charge in [-0.3, -0.25) is 0 Å². The van der Waals surface area contributed by atoms with E-state index in [1.54, 1.807) is 0 Å². The van der Waals surface area contributed by atoms with Crippen molar-refractivity contribution in [3.8, 4) is 17.3 Å². The molecule has 0 amide bonds. The topological polar surface area (TPSA) is 150 Å². The highest BCUT2D eigenvalue weighted by atomic mass is 32.2. The summed E-state index contributed by atoms with van der Waals surface area (Å²) in [5.74, 6) is 1.50. The normalized spacial score (nSPS) is 21.1. The molecule has 0 radical (unpaired) electrons. The Balaban J connectivity index is 1.22. The summed E-state index contributed by atoms with van der Waals surface area (Å²) in [6.07, 6.45) is 6.96. The van der Waals surface area contributed by atoms with Crippen molar-refractivity contribution in [2.75, 3.05) is 50.2 Å². The molecule has 3 heterocycles. The fourth-order valence-corrected chi connectivity index (χ4v) is 6.08. The van der Waals surface area contributed by atoms with Gasteiger partial charge in [0.25, 0.3) is 0 Å². The molecule has 4 N–H and O–H groups in total. The number of hydrogen-bond donors (Lipinski definition) is 4. The third-order valence-corrected chi connectivity index (χ3v) is 9.43. The van der Waals surface area contributed by atoms with Crippen LogP contribution >= 0.6 is 0 Å². The average molecular weight is 654 g/mol. The molecular weight excluding hydrogens is 611 g/mol. The number of anilines is 2. The molecule has 4 rings (SSSR count). The van der Waals surface area contributed by atoms with Crippen LogP contribution in [0.1, 0.15) is 51.0 Å². The van der Waals surface area contributed by atoms with Crippen LogP contribution in [0.2, 0.25) is 0 Å². The van der Waals surface area contributed by atoms with Gasteiger partial charge >= 0.3 is 15.5 Å². The molecule has 2 aromatic heterocycles. The third kappa shape index (κ3) is 9.98. The number of halogens is 3. The van der Waals surface area contributed by atoms with Crippen LogP contribution in [0.4, 0.5) is 24.8 Å². The van der Waals surface area contributed by atoms with Crippen LogP contribution in [0.3, 0.4) is 0 Å². The Labute approximate surface area is 262 Å². The van der Waals surface area contributed by atoms with Crippen molar-refractivity contribution in [2.45, 2.75) is 76.0 Å². The fourth-order valence-electron chi connectivity index (χ4n) is 5.57. The lowest BCUT2D eigenvalue weighted by atomic mass is 9.82. The first-order chi connectivity index (χ1) is 21.4. The number of alkyl halides is 3. The van der Waals surface area contributed by atoms with E-state index in [2.05, 4.69) is 27.0 Å². The van der Waals surface area contributed by atoms with Crippen LogP contribution in [0.25, 0.3) is 11.3 Å². The van der Waals surface area contributed by atoms with Crippen LogP contribution in [0.15, 0.2) is 30.5 Å². The SMILES string of the molecule is Cc1cnc(N[C@H]2CC[C@H](N[C@H](C)COCCNS(=O)(=O)C(F)(F)F)CC2)cc1-c1cccc(NCC2(C#N)CCOCC2)n1. The highest BCUT2D eigenvalue weighted by Gasteiger charge is 2.45. The highest BCUT2D eigenvalue weighted by Crippen LogP contribution is 2.31. The van der Waals surface area contributed by atoms with Crippen molar-refractivity contribution in [2.24, 2.45) is 5.41 Å². The molecule has 0 bridgehead atoms. The van der Waals surface area contributed by atoms with E-state index in [-0.39, 0.29) is 31.3 Å². The summed E-state index contributed by atoms with van der Waals surface area (Å²) in [5.41, 5.74) is -2.98. The van der Waals surface area contributed by atoms with E-state index in [1.807, 2.05) is 44.3 Å². The van der Waals surface area contributed by atoms with E-state index >= 15 is 0 Å². The number of sulfonamides is 1. The van der Waals surface area contributed by atoms with Gasteiger partial charge in [-0.15, -0.1) is 0 Å². The summed E-state index contributed by atoms with van der Waals surface area (Å²) in [6.45, 7) is 5.28. The minimum atomic E-state index is -5.35. The van der Waals surface area contributed by atoms with E-state index in [1.165, 1.54) is 4.72 Å². The largest absolute Gasteiger partial charge is 0.511 e. The van der Waals surface area contributed by atoms with Crippen LogP contribution in [0, 0.1) is 23.7 Å². The molecule has 1 saturated heterocycles. The molecule has 0 spiro atoms. The monoisotopic (exact) mass is 653 g/mol. The van der Waals surface area contributed by atoms with Gasteiger partial charge in [0.05, 0.1) is 30.4 Å². The van der Waals surface area contributed by atoms with E-state index < -0.39 is 27.5 Å². The molecule has 1 aliphatic heterocycles. The number of nitriles is 1. The summed E-state index contributed by atoms with van der Waals surface area (Å²) >= 11 is 0. The minimum Gasteiger partial charge on any atom is -0.381 e. The van der Waals surface area contributed by atoms with Crippen LogP contribution in [-0.4, -0.2) is 81.5 Å². The lowest BCUT2D eigenvalue weighted by molar-refractivity contribution is -0.0449. The van der Waals surface area contributed by atoms with Gasteiger partial charge in [-0.1, -0.05) is 6.07 Å². The highest BCUT2D eigenvalue weighted by molar-refractivity contribution is 7.90. The van der Waals surface area contributed by atoms with E-state index in [0.29, 0.717) is 32.6 Å². The van der Waals surface area contributed by atoms with Crippen molar-refractivity contribution >= 4 is 21.7 Å². The second-order valence-corrected chi connectivity index (χ2v) is 13.6. The van der Waals surface area contributed by atoms with Gasteiger partial charge in [0, 0.05) is 56.2 Å². The fraction of sp³-hybridized carbons (Fsp3) is 0.633. The van der Waals surface area contributed by atoms with E-state index in [0.717, 1.165) is 54.1 Å². The summed E-state index contributed by atoms with van der Waals surface area (Å²) in [4.78, 5) is 9.43. The predicted octanol–water partition coefficient (Wildman–Crippen LogP) is 4.34. The van der Waals surface area contributed by atoms with Crippen LogP contribution in [0.5, 0.6) is 0 Å². The van der Waals surface area contributed by atoms with Crippen LogP contribution < -0.4 is 20.7 Å². The Morgan fingerprint density at radius 3 is 2.56 bits per heavy atom. The molecule has 2 aliphatic rings. The number of ether oxygens (including phenoxy) is 2. The molecule has 11 nitrogen and oxygen atoms in total. The molecule has 45 heavy (non-hydrogen) atoms. The van der Waals surface area contributed by atoms with Gasteiger partial charge in [0.1, 0.15) is 11.6 Å². The number of aryl methyl sites for hydroxylation is 1. The Morgan fingerprint density at radius 1 is 1.16 bits per heavy atom. The molecule has 0 unspecified atom stereocenters. The predicted molar refractivity (Wildman–Crippen MR) is 165 cm³/mol. The Kier molecular flexibility index (Phi) is 12.0. The van der Waals surface area contributed by atoms with E-state index in [4.69, 9.17) is 14.5 Å². The lowest BCUT2D eigenvalue weighted by Gasteiger charge is -2.32. The maximum Gasteiger partial charge on any atom is 0.511 e. The number of aromatic nitrogens is 2. The number of hydrogen-bond acceptors (Lipinski definition) is 10. The maximum absolute atomic E-state index is 12.4. The smallest absolute Gasteiger partial charge is 0.381 e. The first kappa shape index (κ1) is 34.8. The summed E-state index contributed by atoms with van der Waals surface area (Å²) in [6, 6.07) is 10.8. The van der Waals surface area contributed by atoms with Crippen molar-refractivity contribution in [3.63, 3.8) is 0 Å². The second kappa shape index (κ2) is 15.5. The standard InChI is InChI=1S/C30H42F3N7O4S/c1-21-17-35-28(16-25(21)26-4-3-5-27(40-26)36-20-29(19-34)10-13-43-14-11-29)39-24-8-6-23(7-9-24)38-22(2)18-44-15-12-37-45(41,42)30(31,32)33/h3-5,16-17,22-24,37-38H,6-15,18,20H2,1-2H3,(H,35,39)(H,36,40)/t22-,23-,24-/m1/s1. The summed E-state index contributed by atoms with van der Waals surface area (Å²) in [7, 11) is -5.35. The Hall–Kier alpha value is -3.03. The quantitative estimate of drug-likeness (QED) is 0.217. The van der Waals surface area contributed by atoms with Crippen molar-refractivity contribution in [1.29, 1.82) is 5.26 Å². The summed E-state index contributed by atoms with van der Waals surface area (Å²) < 4.78 is 71.4. The first-order valence-electron chi connectivity index (χ1n) is 15.2. The van der Waals surface area contributed by atoms with Gasteiger partial charge in [-0.25, -0.2) is 23.1 Å². The second-order valence-electron chi connectivity index (χ2n) is 11.8. The van der Waals surface area contributed by atoms with Crippen molar-refractivity contribution in [3.05, 3.63) is 36.0 Å². The molecule has 2 aromatic rings. The third-order valence-electron chi connectivity index (χ3n) is 8.23. The Bertz CT molecular complexity index is 1410. The minimum absolute atomic E-state index is 0.0417. The zero-order chi connectivity index (χ0) is 32.5. The number of rotatable bonds is 14. The van der Waals surface area contributed by atoms with Gasteiger partial charge in [0.15, 0.2) is 0 Å². The molecule has 248 valence electrons. The molecule has 0 aromatic carbocycles. The van der Waals surface area contributed by atoms with E-state index in [9.17, 15) is 26.9 Å². The van der Waals surface area contributed by atoms with Crippen molar-refractivity contribution < 1.29 is 31.1 Å². The lowest BCUT2D eigenvalue weighted by Crippen LogP contribution is -2.43. The molecular formula is C30H42F3N7O4S. The van der Waals surface area contributed by atoms with Gasteiger partial charge in [0.2, 0.25) is 0 Å². The Morgan fingerprint density at radius 2 is 1.87 bits per heavy atom. The maximum atomic E-state index is 12.4.